The number of hydrogen-bond acceptors (Lipinski definition) is 2. The Balaban J connectivity index is 0.00000640. The average Bonchev–Trinajstić information content (AvgIpc) is 3.91. The fourth-order valence-electron chi connectivity index (χ4n) is 6.71. The number of pyridine rings is 1. The van der Waals surface area contributed by atoms with Gasteiger partial charge in [-0.05, 0) is 63.4 Å². The zero-order valence-corrected chi connectivity index (χ0v) is 31.4. The second-order valence-electron chi connectivity index (χ2n) is 12.3. The first-order valence-electron chi connectivity index (χ1n) is 25.1. The molecule has 0 N–H and O–H groups in total. The first-order valence-corrected chi connectivity index (χ1v) is 17.1. The second kappa shape index (κ2) is 14.9. The van der Waals surface area contributed by atoms with Gasteiger partial charge in [-0.15, -0.1) is 29.7 Å². The van der Waals surface area contributed by atoms with Gasteiger partial charge in [-0.1, -0.05) is 133 Å². The normalized spacial score (nSPS) is 15.5. The molecule has 3 aromatic heterocycles. The maximum absolute atomic E-state index is 8.97. The van der Waals surface area contributed by atoms with Gasteiger partial charge in [0.15, 0.2) is 0 Å². The van der Waals surface area contributed by atoms with Crippen molar-refractivity contribution >= 4 is 32.8 Å². The molecule has 56 heavy (non-hydrogen) atoms. The minimum Gasteiger partial charge on any atom is -0.510 e. The van der Waals surface area contributed by atoms with Crippen molar-refractivity contribution in [2.24, 2.45) is 0 Å². The van der Waals surface area contributed by atoms with E-state index in [2.05, 4.69) is 23.4 Å². The predicted molar refractivity (Wildman–Crippen MR) is 220 cm³/mol. The summed E-state index contributed by atoms with van der Waals surface area (Å²) >= 11 is 0. The molecule has 5 nitrogen and oxygen atoms in total. The molecule has 10 rings (SSSR count). The molecular weight excluding hydrogens is 868 g/mol. The van der Waals surface area contributed by atoms with Crippen molar-refractivity contribution in [2.45, 2.75) is 13.3 Å². The van der Waals surface area contributed by atoms with E-state index >= 15 is 0 Å². The van der Waals surface area contributed by atoms with Gasteiger partial charge >= 0.3 is 0 Å². The van der Waals surface area contributed by atoms with Crippen LogP contribution in [0.1, 0.15) is 34.4 Å². The molecule has 0 aliphatic heterocycles. The van der Waals surface area contributed by atoms with Gasteiger partial charge in [-0.3, -0.25) is 4.57 Å². The first-order chi connectivity index (χ1) is 33.7. The van der Waals surface area contributed by atoms with Gasteiger partial charge in [0.2, 0.25) is 0 Å². The summed E-state index contributed by atoms with van der Waals surface area (Å²) in [7, 11) is 0. The summed E-state index contributed by atoms with van der Waals surface area (Å²) in [6.45, 7) is 1.39. The molecule has 0 radical (unpaired) electrons. The third-order valence-corrected chi connectivity index (χ3v) is 9.12. The number of rotatable bonds is 8. The second-order valence-corrected chi connectivity index (χ2v) is 12.3. The number of para-hydroxylation sites is 4. The number of hydrogen-bond donors (Lipinski definition) is 0. The molecule has 0 atom stereocenters. The van der Waals surface area contributed by atoms with Crippen LogP contribution in [0.2, 0.25) is 0 Å². The molecule has 10 aromatic rings. The maximum atomic E-state index is 8.97. The van der Waals surface area contributed by atoms with Gasteiger partial charge in [0.25, 0.3) is 6.33 Å². The molecule has 0 aliphatic carbocycles. The van der Waals surface area contributed by atoms with E-state index < -0.39 is 78.9 Å². The van der Waals surface area contributed by atoms with Crippen molar-refractivity contribution in [2.75, 3.05) is 0 Å². The van der Waals surface area contributed by atoms with Gasteiger partial charge < -0.3 is 13.9 Å². The Morgan fingerprint density at radius 3 is 2.16 bits per heavy atom. The van der Waals surface area contributed by atoms with Crippen molar-refractivity contribution in [1.82, 2.24) is 14.1 Å². The van der Waals surface area contributed by atoms with E-state index in [9.17, 15) is 0 Å². The van der Waals surface area contributed by atoms with Crippen LogP contribution in [0.3, 0.4) is 0 Å². The SMILES string of the molecule is [2H]c1c([2H])c([2H])c(-c2cccc(-c3c([2H])c([2H])c([2H])c([2H])c3[2H])c2-[n+]2[c-]n(-c3[c-]c(Oc4[c-]c5c(cc4)c4c([2H])c([2H])c([2H])c([2H])c4n5-c4cc(C([2H])([2H])C)ccn4)ccc3)c3ccccc32)c([2H])c1[2H].[Pt]. The van der Waals surface area contributed by atoms with Crippen LogP contribution in [0.4, 0.5) is 0 Å². The van der Waals surface area contributed by atoms with Crippen LogP contribution in [-0.2, 0) is 27.4 Å². The van der Waals surface area contributed by atoms with E-state index in [0.717, 1.165) is 0 Å². The summed E-state index contributed by atoms with van der Waals surface area (Å²) in [5, 5.41) is 0.619. The Hall–Kier alpha value is -6.55. The minimum atomic E-state index is -1.77. The first kappa shape index (κ1) is 21.5. The van der Waals surface area contributed by atoms with Crippen LogP contribution in [-0.4, -0.2) is 14.1 Å². The number of fused-ring (bicyclic) bond motifs is 4. The van der Waals surface area contributed by atoms with Crippen LogP contribution in [0.15, 0.2) is 176 Å². The molecule has 272 valence electrons. The summed E-state index contributed by atoms with van der Waals surface area (Å²) in [5.41, 5.74) is 1.91. The molecule has 0 amide bonds. The largest absolute Gasteiger partial charge is 0.510 e. The quantitative estimate of drug-likeness (QED) is 0.112. The fraction of sp³-hybridized carbons (Fsp3) is 0.0400. The summed E-state index contributed by atoms with van der Waals surface area (Å²) in [6, 6.07) is 22.2. The molecule has 0 unspecified atom stereocenters. The average molecular weight is 918 g/mol. The standard InChI is InChI=1S/C50H34N4O.Pt/c1-2-35-29-30-51-49(31-35)54-45-24-10-9-21-43(45)44-28-27-40(33-48(44)54)55-39-20-13-19-38(32-39)52-34-53(47-26-12-11-25-46(47)52)50-41(36-15-5-3-6-16-36)22-14-23-42(50)37-17-7-4-8-18-37;/h3-31H,2H2,1H3;/q-2;/i2D2,3D,4D,5D,6D,7D,8D,9D,10D,15D,16D,17D,18D,21D,24D;. The maximum Gasteiger partial charge on any atom is 0.268 e. The fourth-order valence-corrected chi connectivity index (χ4v) is 6.71. The van der Waals surface area contributed by atoms with Gasteiger partial charge in [-0.2, -0.15) is 18.2 Å². The number of nitrogens with zero attached hydrogens (tertiary/aromatic N) is 4. The van der Waals surface area contributed by atoms with Crippen LogP contribution in [0.5, 0.6) is 11.5 Å². The zero-order chi connectivity index (χ0) is 50.7. The molecule has 6 heteroatoms. The van der Waals surface area contributed by atoms with Crippen molar-refractivity contribution in [3.05, 3.63) is 200 Å². The van der Waals surface area contributed by atoms with Crippen molar-refractivity contribution in [3.63, 3.8) is 0 Å². The van der Waals surface area contributed by atoms with Crippen molar-refractivity contribution in [1.29, 1.82) is 0 Å². The topological polar surface area (TPSA) is 35.9 Å². The summed E-state index contributed by atoms with van der Waals surface area (Å²) in [6.07, 6.45) is 2.98. The van der Waals surface area contributed by atoms with Crippen LogP contribution < -0.4 is 9.30 Å². The third-order valence-electron chi connectivity index (χ3n) is 9.12. The Labute approximate surface area is 362 Å². The molecule has 0 saturated heterocycles. The number of ether oxygens (including phenoxy) is 1. The molecule has 0 saturated carbocycles. The smallest absolute Gasteiger partial charge is 0.268 e. The van der Waals surface area contributed by atoms with Gasteiger partial charge in [0.05, 0.1) is 35.9 Å². The van der Waals surface area contributed by atoms with Gasteiger partial charge in [0, 0.05) is 47.0 Å². The Kier molecular flexibility index (Phi) is 5.74. The number of benzene rings is 7. The molecule has 0 spiro atoms. The zero-order valence-electron chi connectivity index (χ0n) is 45.2. The molecule has 3 heterocycles. The van der Waals surface area contributed by atoms with E-state index in [-0.39, 0.29) is 100 Å². The van der Waals surface area contributed by atoms with E-state index in [1.807, 2.05) is 0 Å². The number of aryl methyl sites for hydroxylation is 1. The molecule has 0 fully saturated rings. The molecule has 7 aromatic carbocycles. The van der Waals surface area contributed by atoms with Crippen LogP contribution in [0, 0.1) is 18.5 Å². The summed E-state index contributed by atoms with van der Waals surface area (Å²) in [5.74, 6) is 0.521. The summed E-state index contributed by atoms with van der Waals surface area (Å²) < 4.78 is 149. The molecule has 0 aliphatic rings. The Bertz CT molecular complexity index is 3780. The van der Waals surface area contributed by atoms with Crippen molar-refractivity contribution < 1.29 is 52.3 Å². The minimum absolute atomic E-state index is 0. The van der Waals surface area contributed by atoms with Crippen LogP contribution >= 0.6 is 0 Å². The number of aromatic nitrogens is 4. The van der Waals surface area contributed by atoms with Crippen LogP contribution in [0.25, 0.3) is 72.3 Å². The van der Waals surface area contributed by atoms with Gasteiger partial charge in [-0.25, -0.2) is 4.98 Å². The molecular formula is C50H34N4OPt-2. The third kappa shape index (κ3) is 6.20. The summed E-state index contributed by atoms with van der Waals surface area (Å²) in [4.78, 5) is 4.49. The van der Waals surface area contributed by atoms with E-state index in [4.69, 9.17) is 26.7 Å². The Morgan fingerprint density at radius 2 is 1.39 bits per heavy atom. The Morgan fingerprint density at radius 1 is 0.696 bits per heavy atom. The van der Waals surface area contributed by atoms with Gasteiger partial charge in [0.1, 0.15) is 5.82 Å². The van der Waals surface area contributed by atoms with E-state index in [0.29, 0.717) is 22.1 Å². The van der Waals surface area contributed by atoms with Crippen molar-refractivity contribution in [3.8, 4) is 50.9 Å². The van der Waals surface area contributed by atoms with E-state index in [1.54, 1.807) is 63.7 Å². The monoisotopic (exact) mass is 917 g/mol. The molecule has 0 bridgehead atoms. The predicted octanol–water partition coefficient (Wildman–Crippen LogP) is 11.5. The van der Waals surface area contributed by atoms with E-state index in [1.165, 1.54) is 48.0 Å². The number of imidazole rings is 1.